The van der Waals surface area contributed by atoms with E-state index in [4.69, 9.17) is 10.8 Å². The second kappa shape index (κ2) is 5.69. The standard InChI is InChI=1S/C11H14Br2N2O3S/c12-9-5-7(14)6-10(13)11(9)19(17,18)15(3-4-16)8-1-2-8/h5-6,8,16H,1-4,14H2. The quantitative estimate of drug-likeness (QED) is 0.722. The van der Waals surface area contributed by atoms with Crippen LogP contribution in [-0.2, 0) is 10.0 Å². The molecule has 0 amide bonds. The van der Waals surface area contributed by atoms with Crippen molar-refractivity contribution in [3.8, 4) is 0 Å². The average molecular weight is 414 g/mol. The number of halogens is 2. The van der Waals surface area contributed by atoms with Gasteiger partial charge in [-0.05, 0) is 56.8 Å². The first-order chi connectivity index (χ1) is 8.87. The van der Waals surface area contributed by atoms with Gasteiger partial charge in [0.15, 0.2) is 0 Å². The molecule has 5 nitrogen and oxygen atoms in total. The maximum absolute atomic E-state index is 12.7. The van der Waals surface area contributed by atoms with Crippen molar-refractivity contribution in [2.75, 3.05) is 18.9 Å². The van der Waals surface area contributed by atoms with Crippen LogP contribution >= 0.6 is 31.9 Å². The molecule has 0 radical (unpaired) electrons. The maximum atomic E-state index is 12.7. The van der Waals surface area contributed by atoms with Crippen molar-refractivity contribution in [2.45, 2.75) is 23.8 Å². The summed E-state index contributed by atoms with van der Waals surface area (Å²) in [6.45, 7) is -0.0871. The number of sulfonamides is 1. The Morgan fingerprint density at radius 3 is 2.26 bits per heavy atom. The van der Waals surface area contributed by atoms with Crippen molar-refractivity contribution in [1.82, 2.24) is 4.31 Å². The molecule has 1 saturated carbocycles. The lowest BCUT2D eigenvalue weighted by atomic mass is 10.3. The van der Waals surface area contributed by atoms with Gasteiger partial charge in [-0.15, -0.1) is 0 Å². The van der Waals surface area contributed by atoms with Crippen LogP contribution in [0.4, 0.5) is 5.69 Å². The molecule has 8 heteroatoms. The third kappa shape index (κ3) is 3.13. The number of aliphatic hydroxyl groups is 1. The summed E-state index contributed by atoms with van der Waals surface area (Å²) >= 11 is 6.49. The van der Waals surface area contributed by atoms with E-state index in [-0.39, 0.29) is 24.1 Å². The van der Waals surface area contributed by atoms with E-state index in [0.717, 1.165) is 12.8 Å². The predicted molar refractivity (Wildman–Crippen MR) is 80.3 cm³/mol. The van der Waals surface area contributed by atoms with Crippen LogP contribution < -0.4 is 5.73 Å². The molecule has 0 aromatic heterocycles. The van der Waals surface area contributed by atoms with Gasteiger partial charge in [-0.3, -0.25) is 0 Å². The lowest BCUT2D eigenvalue weighted by Gasteiger charge is -2.22. The minimum absolute atomic E-state index is 0.00602. The van der Waals surface area contributed by atoms with E-state index >= 15 is 0 Å². The molecule has 1 aliphatic rings. The van der Waals surface area contributed by atoms with E-state index in [1.165, 1.54) is 4.31 Å². The van der Waals surface area contributed by atoms with Crippen molar-refractivity contribution >= 4 is 47.6 Å². The van der Waals surface area contributed by atoms with Gasteiger partial charge in [-0.2, -0.15) is 4.31 Å². The molecule has 3 N–H and O–H groups in total. The topological polar surface area (TPSA) is 83.6 Å². The number of rotatable bonds is 5. The number of hydrogen-bond acceptors (Lipinski definition) is 4. The molecule has 0 bridgehead atoms. The molecule has 106 valence electrons. The van der Waals surface area contributed by atoms with Crippen LogP contribution in [0.3, 0.4) is 0 Å². The number of nitrogen functional groups attached to an aromatic ring is 1. The second-order valence-corrected chi connectivity index (χ2v) is 7.92. The van der Waals surface area contributed by atoms with Crippen LogP contribution in [-0.4, -0.2) is 37.0 Å². The number of nitrogens with two attached hydrogens (primary N) is 1. The number of aliphatic hydroxyl groups excluding tert-OH is 1. The number of benzene rings is 1. The first-order valence-corrected chi connectivity index (χ1v) is 8.77. The van der Waals surface area contributed by atoms with Crippen LogP contribution in [0.25, 0.3) is 0 Å². The molecule has 1 fully saturated rings. The number of hydrogen-bond donors (Lipinski definition) is 2. The number of nitrogens with zero attached hydrogens (tertiary/aromatic N) is 1. The van der Waals surface area contributed by atoms with Crippen LogP contribution in [0.15, 0.2) is 26.0 Å². The molecule has 0 saturated heterocycles. The van der Waals surface area contributed by atoms with Crippen molar-refractivity contribution in [2.24, 2.45) is 0 Å². The zero-order chi connectivity index (χ0) is 14.2. The van der Waals surface area contributed by atoms with E-state index in [1.54, 1.807) is 12.1 Å². The summed E-state index contributed by atoms with van der Waals surface area (Å²) in [7, 11) is -3.65. The molecule has 0 spiro atoms. The Hall–Kier alpha value is -0.150. The van der Waals surface area contributed by atoms with Crippen LogP contribution in [0.1, 0.15) is 12.8 Å². The lowest BCUT2D eigenvalue weighted by molar-refractivity contribution is 0.250. The van der Waals surface area contributed by atoms with E-state index in [9.17, 15) is 8.42 Å². The smallest absolute Gasteiger partial charge is 0.245 e. The fourth-order valence-corrected chi connectivity index (χ4v) is 6.12. The Morgan fingerprint density at radius 2 is 1.84 bits per heavy atom. The Balaban J connectivity index is 2.49. The molecule has 1 aromatic rings. The van der Waals surface area contributed by atoms with Gasteiger partial charge >= 0.3 is 0 Å². The zero-order valence-corrected chi connectivity index (χ0v) is 14.0. The van der Waals surface area contributed by atoms with Gasteiger partial charge in [0.2, 0.25) is 10.0 Å². The van der Waals surface area contributed by atoms with Crippen LogP contribution in [0, 0.1) is 0 Å². The van der Waals surface area contributed by atoms with Crippen molar-refractivity contribution in [3.05, 3.63) is 21.1 Å². The minimum Gasteiger partial charge on any atom is -0.399 e. The van der Waals surface area contributed by atoms with E-state index in [0.29, 0.717) is 14.6 Å². The molecule has 1 aromatic carbocycles. The molecule has 0 atom stereocenters. The number of anilines is 1. The molecule has 0 heterocycles. The highest BCUT2D eigenvalue weighted by Gasteiger charge is 2.39. The van der Waals surface area contributed by atoms with Gasteiger partial charge in [0.1, 0.15) is 4.90 Å². The molecular weight excluding hydrogens is 400 g/mol. The summed E-state index contributed by atoms with van der Waals surface area (Å²) < 4.78 is 27.5. The SMILES string of the molecule is Nc1cc(Br)c(S(=O)(=O)N(CCO)C2CC2)c(Br)c1. The fourth-order valence-electron chi connectivity index (χ4n) is 1.90. The minimum atomic E-state index is -3.65. The summed E-state index contributed by atoms with van der Waals surface area (Å²) in [5.41, 5.74) is 6.14. The van der Waals surface area contributed by atoms with Gasteiger partial charge in [0, 0.05) is 27.2 Å². The fraction of sp³-hybridized carbons (Fsp3) is 0.455. The van der Waals surface area contributed by atoms with E-state index in [1.807, 2.05) is 0 Å². The van der Waals surface area contributed by atoms with Crippen molar-refractivity contribution < 1.29 is 13.5 Å². The molecule has 0 unspecified atom stereocenters. The van der Waals surface area contributed by atoms with E-state index in [2.05, 4.69) is 31.9 Å². The third-order valence-corrected chi connectivity index (χ3v) is 6.69. The van der Waals surface area contributed by atoms with Gasteiger partial charge in [0.25, 0.3) is 0 Å². The van der Waals surface area contributed by atoms with Gasteiger partial charge in [-0.25, -0.2) is 8.42 Å². The van der Waals surface area contributed by atoms with Crippen molar-refractivity contribution in [3.63, 3.8) is 0 Å². The second-order valence-electron chi connectivity index (χ2n) is 4.38. The Bertz CT molecular complexity index is 565. The van der Waals surface area contributed by atoms with Gasteiger partial charge in [-0.1, -0.05) is 0 Å². The van der Waals surface area contributed by atoms with E-state index < -0.39 is 10.0 Å². The summed E-state index contributed by atoms with van der Waals surface area (Å²) in [4.78, 5) is 0.155. The Labute approximate surface area is 129 Å². The zero-order valence-electron chi connectivity index (χ0n) is 10.0. The largest absolute Gasteiger partial charge is 0.399 e. The molecule has 0 aliphatic heterocycles. The van der Waals surface area contributed by atoms with Crippen LogP contribution in [0.2, 0.25) is 0 Å². The Kier molecular flexibility index (Phi) is 4.56. The molecule has 19 heavy (non-hydrogen) atoms. The highest BCUT2D eigenvalue weighted by Crippen LogP contribution is 2.38. The van der Waals surface area contributed by atoms with Crippen LogP contribution in [0.5, 0.6) is 0 Å². The van der Waals surface area contributed by atoms with Gasteiger partial charge in [0.05, 0.1) is 6.61 Å². The first-order valence-electron chi connectivity index (χ1n) is 5.75. The maximum Gasteiger partial charge on any atom is 0.245 e. The summed E-state index contributed by atoms with van der Waals surface area (Å²) in [6, 6.07) is 3.11. The highest BCUT2D eigenvalue weighted by atomic mass is 79.9. The average Bonchev–Trinajstić information content (AvgIpc) is 3.07. The van der Waals surface area contributed by atoms with Crippen molar-refractivity contribution in [1.29, 1.82) is 0 Å². The third-order valence-electron chi connectivity index (χ3n) is 2.86. The molecular formula is C11H14Br2N2O3S. The summed E-state index contributed by atoms with van der Waals surface area (Å²) in [6.07, 6.45) is 1.67. The summed E-state index contributed by atoms with van der Waals surface area (Å²) in [5, 5.41) is 9.06. The first kappa shape index (κ1) is 15.2. The summed E-state index contributed by atoms with van der Waals surface area (Å²) in [5.74, 6) is 0. The predicted octanol–water partition coefficient (Wildman–Crippen LogP) is 1.94. The highest BCUT2D eigenvalue weighted by molar-refractivity contribution is 9.11. The lowest BCUT2D eigenvalue weighted by Crippen LogP contribution is -2.35. The monoisotopic (exact) mass is 412 g/mol. The Morgan fingerprint density at radius 1 is 1.32 bits per heavy atom. The molecule has 1 aliphatic carbocycles. The normalized spacial score (nSPS) is 16.0. The van der Waals surface area contributed by atoms with Gasteiger partial charge < -0.3 is 10.8 Å². The molecule has 2 rings (SSSR count).